The van der Waals surface area contributed by atoms with E-state index < -0.39 is 62.7 Å². The fraction of sp³-hybridized carbons (Fsp3) is 0.907. The van der Waals surface area contributed by atoms with Crippen LogP contribution >= 0.6 is 0 Å². The average molecular weight is 727 g/mol. The number of esters is 4. The van der Waals surface area contributed by atoms with Gasteiger partial charge >= 0.3 is 23.9 Å². The molecular weight excluding hydrogens is 660 g/mol. The standard InChI is InChI=1S/C43H66O9/c1-10-39(8,34(46)51-38(6,7)41-16-26-11-27(17-41)13-28(12-26)18-41)24-40(9,23-36(2,3)33(45)49-31-15-32(44)50-37(31,4)5)35(47)52-43-21-29-14-30(22-43)20-42(48,19-29)25-43/h26-31,48H,10-25H2,1-9H3. The Bertz CT molecular complexity index is 1440. The molecule has 9 nitrogen and oxygen atoms in total. The maximum absolute atomic E-state index is 14.9. The van der Waals surface area contributed by atoms with Gasteiger partial charge in [0.15, 0.2) is 6.10 Å². The van der Waals surface area contributed by atoms with E-state index in [1.54, 1.807) is 27.7 Å². The number of hydrogen-bond donors (Lipinski definition) is 1. The maximum Gasteiger partial charge on any atom is 0.312 e. The lowest BCUT2D eigenvalue weighted by atomic mass is 9.46. The zero-order valence-electron chi connectivity index (χ0n) is 33.5. The van der Waals surface area contributed by atoms with Crippen LogP contribution in [0.5, 0.6) is 0 Å². The molecule has 8 aliphatic carbocycles. The summed E-state index contributed by atoms with van der Waals surface area (Å²) in [6.45, 7) is 16.9. The molecule has 1 N–H and O–H groups in total. The number of ether oxygens (including phenoxy) is 4. The third kappa shape index (κ3) is 6.63. The summed E-state index contributed by atoms with van der Waals surface area (Å²) in [5.41, 5.74) is -6.71. The van der Waals surface area contributed by atoms with Crippen LogP contribution in [-0.4, -0.2) is 57.5 Å². The van der Waals surface area contributed by atoms with Crippen molar-refractivity contribution in [1.29, 1.82) is 0 Å². The fourth-order valence-corrected chi connectivity index (χ4v) is 13.6. The van der Waals surface area contributed by atoms with Crippen molar-refractivity contribution in [3.63, 3.8) is 0 Å². The average Bonchev–Trinajstić information content (AvgIpc) is 3.24. The number of rotatable bonds is 12. The van der Waals surface area contributed by atoms with Crippen LogP contribution in [0.2, 0.25) is 0 Å². The van der Waals surface area contributed by atoms with E-state index in [2.05, 4.69) is 13.8 Å². The van der Waals surface area contributed by atoms with Crippen molar-refractivity contribution in [2.45, 2.75) is 194 Å². The molecule has 9 heteroatoms. The van der Waals surface area contributed by atoms with Gasteiger partial charge in [0.2, 0.25) is 0 Å². The molecule has 52 heavy (non-hydrogen) atoms. The van der Waals surface area contributed by atoms with Crippen molar-refractivity contribution in [1.82, 2.24) is 0 Å². The highest BCUT2D eigenvalue weighted by Crippen LogP contribution is 2.65. The van der Waals surface area contributed by atoms with Gasteiger partial charge in [0.25, 0.3) is 0 Å². The third-order valence-electron chi connectivity index (χ3n) is 15.6. The van der Waals surface area contributed by atoms with E-state index in [-0.39, 0.29) is 30.6 Å². The Morgan fingerprint density at radius 1 is 0.750 bits per heavy atom. The van der Waals surface area contributed by atoms with E-state index in [1.807, 2.05) is 20.8 Å². The van der Waals surface area contributed by atoms with Crippen molar-refractivity contribution in [3.8, 4) is 0 Å². The molecule has 0 aromatic heterocycles. The minimum atomic E-state index is -1.28. The molecule has 9 fully saturated rings. The van der Waals surface area contributed by atoms with Crippen LogP contribution in [0.25, 0.3) is 0 Å². The topological polar surface area (TPSA) is 125 Å². The second-order valence-electron chi connectivity index (χ2n) is 21.7. The Kier molecular flexibility index (Phi) is 8.92. The largest absolute Gasteiger partial charge is 0.459 e. The molecule has 1 heterocycles. The summed E-state index contributed by atoms with van der Waals surface area (Å²) in [4.78, 5) is 55.6. The maximum atomic E-state index is 14.9. The van der Waals surface area contributed by atoms with Gasteiger partial charge in [-0.15, -0.1) is 0 Å². The van der Waals surface area contributed by atoms with E-state index >= 15 is 0 Å². The smallest absolute Gasteiger partial charge is 0.312 e. The molecule has 0 radical (unpaired) electrons. The van der Waals surface area contributed by atoms with Gasteiger partial charge in [0.1, 0.15) is 16.8 Å². The number of carbonyl (C=O) groups excluding carboxylic acids is 4. The Balaban J connectivity index is 1.15. The number of hydrogen-bond acceptors (Lipinski definition) is 9. The minimum absolute atomic E-state index is 0.0266. The number of aliphatic hydroxyl groups is 1. The van der Waals surface area contributed by atoms with Gasteiger partial charge in [0, 0.05) is 11.8 Å². The molecule has 9 aliphatic rings. The lowest BCUT2D eigenvalue weighted by Gasteiger charge is -2.61. The quantitative estimate of drug-likeness (QED) is 0.157. The van der Waals surface area contributed by atoms with Crippen molar-refractivity contribution in [3.05, 3.63) is 0 Å². The Morgan fingerprint density at radius 2 is 1.29 bits per heavy atom. The van der Waals surface area contributed by atoms with E-state index in [1.165, 1.54) is 19.3 Å². The highest BCUT2D eigenvalue weighted by molar-refractivity contribution is 5.83. The number of carbonyl (C=O) groups is 4. The van der Waals surface area contributed by atoms with Crippen LogP contribution in [0, 0.1) is 51.2 Å². The molecule has 1 aliphatic heterocycles. The van der Waals surface area contributed by atoms with Crippen molar-refractivity contribution < 1.29 is 43.2 Å². The molecule has 8 saturated carbocycles. The minimum Gasteiger partial charge on any atom is -0.459 e. The van der Waals surface area contributed by atoms with Crippen LogP contribution < -0.4 is 0 Å². The molecule has 292 valence electrons. The normalized spacial score (nSPS) is 40.8. The van der Waals surface area contributed by atoms with Crippen LogP contribution in [0.4, 0.5) is 0 Å². The molecule has 8 bridgehead atoms. The SMILES string of the molecule is CCC(C)(CC(C)(CC(C)(C)C(=O)OC1CC(=O)OC1(C)C)C(=O)OC12CC3CC(CC(O)(C3)C1)C2)C(=O)OC(C)(C)C12CC3CC(CC(C3)C1)C2. The van der Waals surface area contributed by atoms with E-state index in [9.17, 15) is 24.3 Å². The van der Waals surface area contributed by atoms with Crippen LogP contribution in [-0.2, 0) is 38.1 Å². The van der Waals surface area contributed by atoms with Crippen LogP contribution in [0.3, 0.4) is 0 Å². The highest BCUT2D eigenvalue weighted by atomic mass is 16.6. The summed E-state index contributed by atoms with van der Waals surface area (Å²) < 4.78 is 24.7. The van der Waals surface area contributed by atoms with Gasteiger partial charge in [-0.25, -0.2) is 0 Å². The summed E-state index contributed by atoms with van der Waals surface area (Å²) in [6, 6.07) is 0. The lowest BCUT2D eigenvalue weighted by Crippen LogP contribution is -2.61. The van der Waals surface area contributed by atoms with Crippen molar-refractivity contribution in [2.75, 3.05) is 0 Å². The molecule has 9 rings (SSSR count). The summed E-state index contributed by atoms with van der Waals surface area (Å²) in [5.74, 6) is 1.08. The molecule has 1 saturated heterocycles. The van der Waals surface area contributed by atoms with Crippen LogP contribution in [0.15, 0.2) is 0 Å². The first-order chi connectivity index (χ1) is 23.9. The van der Waals surface area contributed by atoms with Gasteiger partial charge < -0.3 is 24.1 Å². The summed E-state index contributed by atoms with van der Waals surface area (Å²) in [7, 11) is 0. The van der Waals surface area contributed by atoms with Gasteiger partial charge in [-0.2, -0.15) is 0 Å². The monoisotopic (exact) mass is 726 g/mol. The second kappa shape index (κ2) is 12.2. The predicted molar refractivity (Wildman–Crippen MR) is 193 cm³/mol. The number of cyclic esters (lactones) is 1. The predicted octanol–water partition coefficient (Wildman–Crippen LogP) is 8.02. The highest BCUT2D eigenvalue weighted by Gasteiger charge is 2.62. The second-order valence-corrected chi connectivity index (χ2v) is 21.7. The molecular formula is C43H66O9. The molecule has 5 unspecified atom stereocenters. The first-order valence-corrected chi connectivity index (χ1v) is 20.5. The third-order valence-corrected chi connectivity index (χ3v) is 15.6. The summed E-state index contributed by atoms with van der Waals surface area (Å²) in [6.07, 6.45) is 11.5. The van der Waals surface area contributed by atoms with Crippen molar-refractivity contribution >= 4 is 23.9 Å². The summed E-state index contributed by atoms with van der Waals surface area (Å²) >= 11 is 0. The first-order valence-electron chi connectivity index (χ1n) is 20.5. The van der Waals surface area contributed by atoms with Gasteiger partial charge in [-0.3, -0.25) is 19.2 Å². The molecule has 0 aromatic carbocycles. The zero-order valence-corrected chi connectivity index (χ0v) is 33.5. The summed E-state index contributed by atoms with van der Waals surface area (Å²) in [5, 5.41) is 11.5. The van der Waals surface area contributed by atoms with E-state index in [4.69, 9.17) is 18.9 Å². The van der Waals surface area contributed by atoms with Crippen LogP contribution in [0.1, 0.15) is 165 Å². The van der Waals surface area contributed by atoms with Gasteiger partial charge in [0.05, 0.1) is 28.3 Å². The van der Waals surface area contributed by atoms with Gasteiger partial charge in [-0.05, 0) is 175 Å². The molecule has 5 atom stereocenters. The molecule has 0 spiro atoms. The molecule has 0 amide bonds. The Labute approximate surface area is 311 Å². The van der Waals surface area contributed by atoms with Crippen molar-refractivity contribution in [2.24, 2.45) is 51.2 Å². The zero-order chi connectivity index (χ0) is 37.9. The van der Waals surface area contributed by atoms with Gasteiger partial charge in [-0.1, -0.05) is 6.92 Å². The first kappa shape index (κ1) is 38.1. The Morgan fingerprint density at radius 3 is 1.77 bits per heavy atom. The molecule has 0 aromatic rings. The fourth-order valence-electron chi connectivity index (χ4n) is 13.6. The van der Waals surface area contributed by atoms with E-state index in [0.29, 0.717) is 42.4 Å². The lowest BCUT2D eigenvalue weighted by molar-refractivity contribution is -0.228. The van der Waals surface area contributed by atoms with E-state index in [0.717, 1.165) is 51.4 Å². The Hall–Kier alpha value is -2.16.